The Morgan fingerprint density at radius 2 is 1.27 bits per heavy atom. The second-order valence-electron chi connectivity index (χ2n) is 11.9. The van der Waals surface area contributed by atoms with E-state index >= 15 is 0 Å². The first-order valence-electron chi connectivity index (χ1n) is 13.7. The second-order valence-corrected chi connectivity index (χ2v) is 11.9. The summed E-state index contributed by atoms with van der Waals surface area (Å²) in [6, 6.07) is 8.26. The zero-order chi connectivity index (χ0) is 30.5. The minimum absolute atomic E-state index is 0.186. The quantitative estimate of drug-likeness (QED) is 0.365. The summed E-state index contributed by atoms with van der Waals surface area (Å²) in [5.74, 6) is -4.51. The number of hydrogen-bond donors (Lipinski definition) is 0. The van der Waals surface area contributed by atoms with Crippen LogP contribution >= 0.6 is 0 Å². The lowest BCUT2D eigenvalue weighted by Crippen LogP contribution is -2.79. The van der Waals surface area contributed by atoms with Crippen LogP contribution in [0, 0.1) is 17.3 Å². The molecule has 0 aromatic heterocycles. The molecule has 11 nitrogen and oxygen atoms in total. The molecular formula is C30H38O11. The number of esters is 5. The van der Waals surface area contributed by atoms with Gasteiger partial charge in [0.25, 0.3) is 0 Å². The maximum absolute atomic E-state index is 13.6. The zero-order valence-electron chi connectivity index (χ0n) is 24.6. The lowest BCUT2D eigenvalue weighted by molar-refractivity contribution is -0.315. The predicted molar refractivity (Wildman–Crippen MR) is 141 cm³/mol. The van der Waals surface area contributed by atoms with Gasteiger partial charge < -0.3 is 28.4 Å². The smallest absolute Gasteiger partial charge is 0.338 e. The number of carbonyl (C=O) groups is 5. The third kappa shape index (κ3) is 4.98. The molecule has 41 heavy (non-hydrogen) atoms. The minimum Gasteiger partial charge on any atom is -0.459 e. The van der Waals surface area contributed by atoms with Gasteiger partial charge in [-0.15, -0.1) is 0 Å². The molecule has 1 aliphatic heterocycles. The number of benzene rings is 1. The van der Waals surface area contributed by atoms with Crippen molar-refractivity contribution in [2.75, 3.05) is 0 Å². The van der Waals surface area contributed by atoms with E-state index in [4.69, 9.17) is 28.4 Å². The van der Waals surface area contributed by atoms with Crippen molar-refractivity contribution in [1.82, 2.24) is 0 Å². The van der Waals surface area contributed by atoms with Crippen LogP contribution in [0.4, 0.5) is 0 Å². The van der Waals surface area contributed by atoms with Crippen LogP contribution in [-0.2, 0) is 47.6 Å². The molecule has 3 aliphatic rings. The van der Waals surface area contributed by atoms with Crippen LogP contribution in [0.1, 0.15) is 72.2 Å². The van der Waals surface area contributed by atoms with Crippen LogP contribution < -0.4 is 0 Å². The highest BCUT2D eigenvalue weighted by Gasteiger charge is 2.83. The Kier molecular flexibility index (Phi) is 7.99. The van der Waals surface area contributed by atoms with Gasteiger partial charge in [-0.1, -0.05) is 25.1 Å². The van der Waals surface area contributed by atoms with Crippen LogP contribution in [-0.4, -0.2) is 71.6 Å². The summed E-state index contributed by atoms with van der Waals surface area (Å²) in [6.45, 7) is 12.0. The number of ether oxygens (including phenoxy) is 6. The average molecular weight is 575 g/mol. The first-order valence-corrected chi connectivity index (χ1v) is 13.7. The van der Waals surface area contributed by atoms with Crippen LogP contribution in [0.3, 0.4) is 0 Å². The van der Waals surface area contributed by atoms with Gasteiger partial charge in [-0.2, -0.15) is 0 Å². The third-order valence-electron chi connectivity index (χ3n) is 8.76. The number of rotatable bonds is 6. The van der Waals surface area contributed by atoms with Crippen molar-refractivity contribution in [3.05, 3.63) is 35.9 Å². The summed E-state index contributed by atoms with van der Waals surface area (Å²) in [5.41, 5.74) is -3.79. The summed E-state index contributed by atoms with van der Waals surface area (Å²) in [7, 11) is 0. The van der Waals surface area contributed by atoms with E-state index in [2.05, 4.69) is 0 Å². The van der Waals surface area contributed by atoms with Gasteiger partial charge in [0, 0.05) is 27.7 Å². The topological polar surface area (TPSA) is 141 Å². The lowest BCUT2D eigenvalue weighted by Gasteiger charge is -2.63. The minimum atomic E-state index is -1.55. The molecule has 1 aromatic rings. The molecule has 224 valence electrons. The molecule has 3 fully saturated rings. The maximum atomic E-state index is 13.6. The van der Waals surface area contributed by atoms with Gasteiger partial charge in [0.15, 0.2) is 12.2 Å². The molecule has 2 bridgehead atoms. The van der Waals surface area contributed by atoms with Crippen molar-refractivity contribution in [2.45, 2.75) is 104 Å². The second kappa shape index (κ2) is 10.7. The van der Waals surface area contributed by atoms with Crippen molar-refractivity contribution in [2.24, 2.45) is 17.3 Å². The zero-order valence-corrected chi connectivity index (χ0v) is 24.6. The summed E-state index contributed by atoms with van der Waals surface area (Å²) in [5, 5.41) is 0. The Hall–Kier alpha value is -3.47. The van der Waals surface area contributed by atoms with Gasteiger partial charge in [-0.25, -0.2) is 4.79 Å². The fourth-order valence-electron chi connectivity index (χ4n) is 7.57. The molecule has 1 spiro atoms. The van der Waals surface area contributed by atoms with Crippen LogP contribution in [0.5, 0.6) is 0 Å². The number of fused-ring (bicyclic) bond motifs is 1. The van der Waals surface area contributed by atoms with Gasteiger partial charge in [0.2, 0.25) is 0 Å². The molecule has 2 saturated carbocycles. The Labute approximate surface area is 239 Å². The molecule has 1 aromatic carbocycles. The Morgan fingerprint density at radius 3 is 1.80 bits per heavy atom. The standard InChI is InChI=1S/C30H38O11/c1-15-14-21(36-16(2)31)24(38-18(4)33)29(8)26(40-27(35)20-12-10-9-11-13-20)23(37-17(3)32)22-25(39-19(5)34)30(15,29)41-28(22,6)7/h9-13,15,21-26H,14H2,1-8H3/t15-,21-,22-,23+,24+,25-,26+,29+,30-/m1/s1. The van der Waals surface area contributed by atoms with Gasteiger partial charge in [0.05, 0.1) is 22.5 Å². The van der Waals surface area contributed by atoms with Crippen LogP contribution in [0.2, 0.25) is 0 Å². The highest BCUT2D eigenvalue weighted by Crippen LogP contribution is 2.68. The van der Waals surface area contributed by atoms with E-state index in [1.165, 1.54) is 27.7 Å². The molecule has 0 unspecified atom stereocenters. The molecule has 4 rings (SSSR count). The van der Waals surface area contributed by atoms with Crippen molar-refractivity contribution in [3.63, 3.8) is 0 Å². The van der Waals surface area contributed by atoms with Crippen molar-refractivity contribution < 1.29 is 52.4 Å². The summed E-state index contributed by atoms with van der Waals surface area (Å²) in [6.07, 6.45) is -5.49. The molecule has 1 saturated heterocycles. The molecule has 1 heterocycles. The normalized spacial score (nSPS) is 36.7. The van der Waals surface area contributed by atoms with E-state index in [0.29, 0.717) is 0 Å². The van der Waals surface area contributed by atoms with E-state index < -0.39 is 88.8 Å². The third-order valence-corrected chi connectivity index (χ3v) is 8.76. The largest absolute Gasteiger partial charge is 0.459 e. The van der Waals surface area contributed by atoms with Gasteiger partial charge in [-0.05, 0) is 45.2 Å². The van der Waals surface area contributed by atoms with Crippen molar-refractivity contribution in [3.8, 4) is 0 Å². The monoisotopic (exact) mass is 574 g/mol. The lowest BCUT2D eigenvalue weighted by atomic mass is 9.47. The van der Waals surface area contributed by atoms with Gasteiger partial charge in [-0.3, -0.25) is 19.2 Å². The van der Waals surface area contributed by atoms with Crippen molar-refractivity contribution >= 4 is 29.8 Å². The van der Waals surface area contributed by atoms with E-state index in [-0.39, 0.29) is 12.0 Å². The highest BCUT2D eigenvalue weighted by molar-refractivity contribution is 5.89. The number of carbonyl (C=O) groups excluding carboxylic acids is 5. The molecule has 2 aliphatic carbocycles. The molecule has 0 amide bonds. The van der Waals surface area contributed by atoms with E-state index in [0.717, 1.165) is 0 Å². The SMILES string of the molecule is CC(=O)O[C@H]1[C@@H]2[C@@H](OC(C)=O)[C@]3(OC2(C)C)[C@H](C)C[C@@H](OC(C)=O)[C@H](OC(C)=O)[C@@]3(C)[C@H]1OC(=O)c1ccccc1. The number of hydrogen-bond acceptors (Lipinski definition) is 11. The molecule has 0 N–H and O–H groups in total. The predicted octanol–water partition coefficient (Wildman–Crippen LogP) is 3.16. The van der Waals surface area contributed by atoms with Crippen LogP contribution in [0.25, 0.3) is 0 Å². The Balaban J connectivity index is 2.02. The maximum Gasteiger partial charge on any atom is 0.338 e. The van der Waals surface area contributed by atoms with Gasteiger partial charge >= 0.3 is 29.8 Å². The molecule has 9 atom stereocenters. The molecular weight excluding hydrogens is 536 g/mol. The fraction of sp³-hybridized carbons (Fsp3) is 0.633. The van der Waals surface area contributed by atoms with Crippen molar-refractivity contribution in [1.29, 1.82) is 0 Å². The van der Waals surface area contributed by atoms with Crippen LogP contribution in [0.15, 0.2) is 30.3 Å². The summed E-state index contributed by atoms with van der Waals surface area (Å²) < 4.78 is 36.6. The molecule has 11 heteroatoms. The van der Waals surface area contributed by atoms with Gasteiger partial charge in [0.1, 0.15) is 23.9 Å². The Bertz CT molecular complexity index is 1230. The first kappa shape index (κ1) is 30.5. The van der Waals surface area contributed by atoms with E-state index in [1.54, 1.807) is 51.1 Å². The summed E-state index contributed by atoms with van der Waals surface area (Å²) in [4.78, 5) is 63.5. The van der Waals surface area contributed by atoms with E-state index in [9.17, 15) is 24.0 Å². The summed E-state index contributed by atoms with van der Waals surface area (Å²) >= 11 is 0. The fourth-order valence-corrected chi connectivity index (χ4v) is 7.57. The first-order chi connectivity index (χ1) is 19.1. The Morgan fingerprint density at radius 1 is 0.732 bits per heavy atom. The van der Waals surface area contributed by atoms with E-state index in [1.807, 2.05) is 6.92 Å². The molecule has 0 radical (unpaired) electrons. The average Bonchev–Trinajstić information content (AvgIpc) is 3.05. The highest BCUT2D eigenvalue weighted by atomic mass is 16.6.